The fraction of sp³-hybridized carbons (Fsp3) is 0.833. The number of rotatable bonds is 6. The zero-order chi connectivity index (χ0) is 15.6. The Labute approximate surface area is 123 Å². The van der Waals surface area contributed by atoms with E-state index in [1.165, 1.54) is 4.68 Å². The predicted molar refractivity (Wildman–Crippen MR) is 74.4 cm³/mol. The maximum atomic E-state index is 11.6. The number of aromatic nitrogens is 4. The molecule has 2 rings (SSSR count). The first-order chi connectivity index (χ1) is 9.78. The van der Waals surface area contributed by atoms with Crippen LogP contribution in [0, 0.1) is 11.8 Å². The number of hydrogen-bond donors (Lipinski definition) is 1. The molecule has 1 aromatic heterocycles. The van der Waals surface area contributed by atoms with Crippen LogP contribution in [0.2, 0.25) is 0 Å². The van der Waals surface area contributed by atoms with Gasteiger partial charge in [-0.1, -0.05) is 13.8 Å². The predicted octanol–water partition coefficient (Wildman–Crippen LogP) is 0.322. The topological polar surface area (TPSA) is 115 Å². The minimum absolute atomic E-state index is 0.0370. The van der Waals surface area contributed by atoms with E-state index in [4.69, 9.17) is 0 Å². The molecule has 118 valence electrons. The van der Waals surface area contributed by atoms with Crippen LogP contribution in [0.15, 0.2) is 0 Å². The maximum absolute atomic E-state index is 11.6. The molecule has 0 spiro atoms. The van der Waals surface area contributed by atoms with Gasteiger partial charge in [-0.25, -0.2) is 13.1 Å². The summed E-state index contributed by atoms with van der Waals surface area (Å²) in [7, 11) is -3.03. The van der Waals surface area contributed by atoms with E-state index >= 15 is 0 Å². The highest BCUT2D eigenvalue weighted by atomic mass is 32.2. The third kappa shape index (κ3) is 3.99. The summed E-state index contributed by atoms with van der Waals surface area (Å²) in [5.74, 6) is -0.800. The van der Waals surface area contributed by atoms with E-state index in [2.05, 4.69) is 15.5 Å². The van der Waals surface area contributed by atoms with Gasteiger partial charge in [-0.2, -0.15) is 0 Å². The average Bonchev–Trinajstić information content (AvgIpc) is 2.93. The highest BCUT2D eigenvalue weighted by molar-refractivity contribution is 7.91. The van der Waals surface area contributed by atoms with E-state index < -0.39 is 21.7 Å². The second kappa shape index (κ2) is 6.08. The fourth-order valence-corrected chi connectivity index (χ4v) is 4.40. The van der Waals surface area contributed by atoms with Crippen molar-refractivity contribution in [2.24, 2.45) is 11.8 Å². The summed E-state index contributed by atoms with van der Waals surface area (Å²) in [5, 5.41) is 20.6. The average molecular weight is 316 g/mol. The summed E-state index contributed by atoms with van der Waals surface area (Å²) in [6.07, 6.45) is 1.02. The van der Waals surface area contributed by atoms with Crippen molar-refractivity contribution in [3.8, 4) is 0 Å². The molecule has 1 fully saturated rings. The van der Waals surface area contributed by atoms with Gasteiger partial charge in [0, 0.05) is 5.92 Å². The summed E-state index contributed by atoms with van der Waals surface area (Å²) < 4.78 is 24.6. The molecule has 0 saturated carbocycles. The van der Waals surface area contributed by atoms with Crippen LogP contribution in [-0.2, 0) is 21.2 Å². The third-order valence-electron chi connectivity index (χ3n) is 3.66. The van der Waals surface area contributed by atoms with Crippen LogP contribution in [0.1, 0.15) is 38.4 Å². The Bertz CT molecular complexity index is 611. The molecule has 1 N–H and O–H groups in total. The molecule has 9 heteroatoms. The van der Waals surface area contributed by atoms with Gasteiger partial charge >= 0.3 is 5.97 Å². The summed E-state index contributed by atoms with van der Waals surface area (Å²) in [6.45, 7) is 4.09. The SMILES string of the molecule is CC(C)CC(Cn1nnnc1C1CCS(=O)(=O)C1)C(=O)O. The van der Waals surface area contributed by atoms with Crippen molar-refractivity contribution >= 4 is 15.8 Å². The minimum Gasteiger partial charge on any atom is -0.481 e. The molecule has 0 aromatic carbocycles. The van der Waals surface area contributed by atoms with Crippen molar-refractivity contribution in [1.29, 1.82) is 0 Å². The molecule has 8 nitrogen and oxygen atoms in total. The van der Waals surface area contributed by atoms with E-state index in [9.17, 15) is 18.3 Å². The molecule has 0 aliphatic carbocycles. The Balaban J connectivity index is 2.14. The monoisotopic (exact) mass is 316 g/mol. The molecule has 2 atom stereocenters. The summed E-state index contributed by atoms with van der Waals surface area (Å²) >= 11 is 0. The molecule has 2 unspecified atom stereocenters. The summed E-state index contributed by atoms with van der Waals surface area (Å²) in [4.78, 5) is 11.3. The van der Waals surface area contributed by atoms with Gasteiger partial charge in [-0.05, 0) is 29.2 Å². The molecule has 2 heterocycles. The number of nitrogens with zero attached hydrogens (tertiary/aromatic N) is 4. The lowest BCUT2D eigenvalue weighted by molar-refractivity contribution is -0.142. The molecule has 1 saturated heterocycles. The summed E-state index contributed by atoms with van der Waals surface area (Å²) in [5.41, 5.74) is 0. The smallest absolute Gasteiger partial charge is 0.308 e. The first-order valence-corrected chi connectivity index (χ1v) is 8.80. The molecular weight excluding hydrogens is 296 g/mol. The van der Waals surface area contributed by atoms with Gasteiger partial charge < -0.3 is 5.11 Å². The van der Waals surface area contributed by atoms with Crippen LogP contribution >= 0.6 is 0 Å². The Morgan fingerprint density at radius 2 is 2.19 bits per heavy atom. The number of carboxylic acids is 1. The van der Waals surface area contributed by atoms with Gasteiger partial charge in [0.15, 0.2) is 15.7 Å². The molecule has 1 aliphatic heterocycles. The van der Waals surface area contributed by atoms with Crippen molar-refractivity contribution in [3.63, 3.8) is 0 Å². The zero-order valence-electron chi connectivity index (χ0n) is 12.1. The molecular formula is C12H20N4O4S. The Morgan fingerprint density at radius 1 is 1.48 bits per heavy atom. The van der Waals surface area contributed by atoms with Gasteiger partial charge in [0.1, 0.15) is 0 Å². The van der Waals surface area contributed by atoms with Crippen LogP contribution in [0.4, 0.5) is 0 Å². The van der Waals surface area contributed by atoms with Crippen molar-refractivity contribution < 1.29 is 18.3 Å². The molecule has 21 heavy (non-hydrogen) atoms. The summed E-state index contributed by atoms with van der Waals surface area (Å²) in [6, 6.07) is 0. The van der Waals surface area contributed by atoms with Crippen LogP contribution < -0.4 is 0 Å². The fourth-order valence-electron chi connectivity index (χ4n) is 2.66. The largest absolute Gasteiger partial charge is 0.481 e. The van der Waals surface area contributed by atoms with E-state index in [1.54, 1.807) is 0 Å². The van der Waals surface area contributed by atoms with E-state index in [1.807, 2.05) is 13.8 Å². The normalized spacial score (nSPS) is 22.5. The van der Waals surface area contributed by atoms with E-state index in [-0.39, 0.29) is 29.9 Å². The van der Waals surface area contributed by atoms with Gasteiger partial charge in [0.2, 0.25) is 0 Å². The van der Waals surface area contributed by atoms with Crippen molar-refractivity contribution in [3.05, 3.63) is 5.82 Å². The van der Waals surface area contributed by atoms with Gasteiger partial charge in [0.05, 0.1) is 24.0 Å². The van der Waals surface area contributed by atoms with Crippen LogP contribution in [0.5, 0.6) is 0 Å². The first-order valence-electron chi connectivity index (χ1n) is 6.98. The Morgan fingerprint density at radius 3 is 2.71 bits per heavy atom. The lowest BCUT2D eigenvalue weighted by Gasteiger charge is -2.16. The number of aliphatic carboxylic acids is 1. The second-order valence-corrected chi connectivity index (χ2v) is 8.21. The number of hydrogen-bond acceptors (Lipinski definition) is 6. The van der Waals surface area contributed by atoms with Crippen molar-refractivity contribution in [1.82, 2.24) is 20.2 Å². The first kappa shape index (κ1) is 15.9. The molecule has 0 amide bonds. The van der Waals surface area contributed by atoms with Gasteiger partial charge in [-0.15, -0.1) is 5.10 Å². The van der Waals surface area contributed by atoms with Crippen LogP contribution in [-0.4, -0.2) is 51.2 Å². The number of tetrazole rings is 1. The third-order valence-corrected chi connectivity index (χ3v) is 5.42. The van der Waals surface area contributed by atoms with Crippen LogP contribution in [0.25, 0.3) is 0 Å². The molecule has 0 radical (unpaired) electrons. The van der Waals surface area contributed by atoms with Crippen molar-refractivity contribution in [2.75, 3.05) is 11.5 Å². The quantitative estimate of drug-likeness (QED) is 0.803. The van der Waals surface area contributed by atoms with Gasteiger partial charge in [0.25, 0.3) is 0 Å². The Hall–Kier alpha value is -1.51. The highest BCUT2D eigenvalue weighted by Crippen LogP contribution is 2.27. The Kier molecular flexibility index (Phi) is 4.60. The van der Waals surface area contributed by atoms with E-state index in [0.717, 1.165) is 0 Å². The number of carboxylic acid groups (broad SMARTS) is 1. The number of sulfone groups is 1. The highest BCUT2D eigenvalue weighted by Gasteiger charge is 2.33. The maximum Gasteiger partial charge on any atom is 0.308 e. The van der Waals surface area contributed by atoms with E-state index in [0.29, 0.717) is 18.7 Å². The van der Waals surface area contributed by atoms with Crippen molar-refractivity contribution in [2.45, 2.75) is 39.2 Å². The minimum atomic E-state index is -3.03. The number of carbonyl (C=O) groups is 1. The lowest BCUT2D eigenvalue weighted by atomic mass is 9.97. The van der Waals surface area contributed by atoms with Crippen LogP contribution in [0.3, 0.4) is 0 Å². The molecule has 1 aliphatic rings. The lowest BCUT2D eigenvalue weighted by Crippen LogP contribution is -2.24. The van der Waals surface area contributed by atoms with Gasteiger partial charge in [-0.3, -0.25) is 4.79 Å². The molecule has 0 bridgehead atoms. The molecule has 1 aromatic rings. The second-order valence-electron chi connectivity index (χ2n) is 5.98. The zero-order valence-corrected chi connectivity index (χ0v) is 13.0. The standard InChI is InChI=1S/C12H20N4O4S/c1-8(2)5-10(12(17)18)6-16-11(13-14-15-16)9-3-4-21(19,20)7-9/h8-10H,3-7H2,1-2H3,(H,17,18).